The Morgan fingerprint density at radius 1 is 1.60 bits per heavy atom. The van der Waals surface area contributed by atoms with Crippen molar-refractivity contribution in [2.45, 2.75) is 19.4 Å². The van der Waals surface area contributed by atoms with Gasteiger partial charge in [-0.1, -0.05) is 21.1 Å². The van der Waals surface area contributed by atoms with Crippen LogP contribution < -0.4 is 11.1 Å². The van der Waals surface area contributed by atoms with Gasteiger partial charge in [-0.3, -0.25) is 4.79 Å². The predicted molar refractivity (Wildman–Crippen MR) is 78.8 cm³/mol. The molecule has 7 heteroatoms. The van der Waals surface area contributed by atoms with E-state index >= 15 is 0 Å². The lowest BCUT2D eigenvalue weighted by molar-refractivity contribution is -0.119. The fourth-order valence-corrected chi connectivity index (χ4v) is 2.49. The van der Waals surface area contributed by atoms with E-state index < -0.39 is 0 Å². The predicted octanol–water partition coefficient (Wildman–Crippen LogP) is 1.91. The summed E-state index contributed by atoms with van der Waals surface area (Å²) < 4.78 is 6.18. The fraction of sp³-hybridized carbons (Fsp3) is 0.385. The van der Waals surface area contributed by atoms with Gasteiger partial charge in [0, 0.05) is 10.0 Å². The van der Waals surface area contributed by atoms with Gasteiger partial charge in [0.05, 0.1) is 24.3 Å². The molecule has 2 unspecified atom stereocenters. The zero-order valence-electron chi connectivity index (χ0n) is 11.0. The first-order valence-electron chi connectivity index (χ1n) is 6.21. The van der Waals surface area contributed by atoms with Crippen LogP contribution in [0.2, 0.25) is 0 Å². The molecule has 0 aliphatic carbocycles. The number of rotatable bonds is 3. The molecule has 1 amide bonds. The first-order valence-corrected chi connectivity index (χ1v) is 7.00. The lowest BCUT2D eigenvalue weighted by Crippen LogP contribution is -2.25. The number of anilines is 1. The molecule has 1 fully saturated rings. The maximum Gasteiger partial charge on any atom is 0.229 e. The van der Waals surface area contributed by atoms with Crippen molar-refractivity contribution in [3.63, 3.8) is 0 Å². The van der Waals surface area contributed by atoms with Crippen molar-refractivity contribution < 1.29 is 14.7 Å². The standard InChI is InChI=1S/C13H16BrN3O3/c1-7-4-8(6-20-7)13(18)16-11-5-9(14)2-3-10(11)12(15)17-19/h2-3,5,7-8,19H,4,6H2,1H3,(H2,15,17)(H,16,18). The summed E-state index contributed by atoms with van der Waals surface area (Å²) in [5.74, 6) is -0.354. The van der Waals surface area contributed by atoms with Crippen LogP contribution in [0.4, 0.5) is 5.69 Å². The van der Waals surface area contributed by atoms with Crippen LogP contribution in [-0.4, -0.2) is 29.7 Å². The number of benzene rings is 1. The third-order valence-corrected chi connectivity index (χ3v) is 3.69. The number of oxime groups is 1. The smallest absolute Gasteiger partial charge is 0.229 e. The number of amides is 1. The van der Waals surface area contributed by atoms with Gasteiger partial charge in [-0.25, -0.2) is 0 Å². The van der Waals surface area contributed by atoms with Gasteiger partial charge in [-0.15, -0.1) is 0 Å². The molecule has 108 valence electrons. The molecule has 0 bridgehead atoms. The number of amidine groups is 1. The topological polar surface area (TPSA) is 96.9 Å². The quantitative estimate of drug-likeness (QED) is 0.338. The molecule has 1 aromatic rings. The first-order chi connectivity index (χ1) is 9.51. The molecule has 1 saturated heterocycles. The Morgan fingerprint density at radius 2 is 2.35 bits per heavy atom. The SMILES string of the molecule is CC1CC(C(=O)Nc2cc(Br)ccc2/C(N)=N/O)CO1. The highest BCUT2D eigenvalue weighted by atomic mass is 79.9. The van der Waals surface area contributed by atoms with Gasteiger partial charge < -0.3 is 21.0 Å². The van der Waals surface area contributed by atoms with Crippen molar-refractivity contribution >= 4 is 33.4 Å². The van der Waals surface area contributed by atoms with Gasteiger partial charge in [-0.05, 0) is 31.5 Å². The zero-order chi connectivity index (χ0) is 14.7. The van der Waals surface area contributed by atoms with Gasteiger partial charge in [-0.2, -0.15) is 0 Å². The highest BCUT2D eigenvalue weighted by Crippen LogP contribution is 2.25. The normalized spacial score (nSPS) is 22.8. The number of nitrogens with two attached hydrogens (primary N) is 1. The molecule has 1 aliphatic heterocycles. The summed E-state index contributed by atoms with van der Waals surface area (Å²) in [7, 11) is 0. The van der Waals surface area contributed by atoms with Gasteiger partial charge in [0.25, 0.3) is 0 Å². The van der Waals surface area contributed by atoms with Crippen LogP contribution in [0.15, 0.2) is 27.8 Å². The summed E-state index contributed by atoms with van der Waals surface area (Å²) in [6, 6.07) is 5.14. The highest BCUT2D eigenvalue weighted by molar-refractivity contribution is 9.10. The molecule has 1 heterocycles. The van der Waals surface area contributed by atoms with Gasteiger partial charge >= 0.3 is 0 Å². The fourth-order valence-electron chi connectivity index (χ4n) is 2.13. The monoisotopic (exact) mass is 341 g/mol. The lowest BCUT2D eigenvalue weighted by Gasteiger charge is -2.13. The molecule has 0 radical (unpaired) electrons. The van der Waals surface area contributed by atoms with E-state index in [0.717, 1.165) is 4.47 Å². The Kier molecular flexibility index (Phi) is 4.61. The third-order valence-electron chi connectivity index (χ3n) is 3.19. The maximum atomic E-state index is 12.2. The molecule has 0 saturated carbocycles. The summed E-state index contributed by atoms with van der Waals surface area (Å²) in [6.45, 7) is 2.36. The molecule has 4 N–H and O–H groups in total. The molecule has 1 aliphatic rings. The molecule has 20 heavy (non-hydrogen) atoms. The number of hydrogen-bond donors (Lipinski definition) is 3. The van der Waals surface area contributed by atoms with E-state index in [2.05, 4.69) is 26.4 Å². The second kappa shape index (κ2) is 6.23. The van der Waals surface area contributed by atoms with Crippen LogP contribution in [-0.2, 0) is 9.53 Å². The van der Waals surface area contributed by atoms with Gasteiger partial charge in [0.1, 0.15) is 0 Å². The van der Waals surface area contributed by atoms with Crippen molar-refractivity contribution in [1.29, 1.82) is 0 Å². The molecular formula is C13H16BrN3O3. The summed E-state index contributed by atoms with van der Waals surface area (Å²) in [5, 5.41) is 14.6. The first kappa shape index (κ1) is 14.8. The molecule has 2 atom stereocenters. The number of halogens is 1. The summed E-state index contributed by atoms with van der Waals surface area (Å²) in [5.41, 5.74) is 6.57. The minimum Gasteiger partial charge on any atom is -0.409 e. The van der Waals surface area contributed by atoms with Crippen molar-refractivity contribution in [2.75, 3.05) is 11.9 Å². The maximum absolute atomic E-state index is 12.2. The Labute approximate surface area is 125 Å². The third kappa shape index (κ3) is 3.29. The Bertz CT molecular complexity index is 548. The van der Waals surface area contributed by atoms with Crippen LogP contribution >= 0.6 is 15.9 Å². The number of ether oxygens (including phenoxy) is 1. The van der Waals surface area contributed by atoms with Gasteiger partial charge in [0.2, 0.25) is 5.91 Å². The molecule has 0 aromatic heterocycles. The van der Waals surface area contributed by atoms with Crippen molar-refractivity contribution in [3.05, 3.63) is 28.2 Å². The minimum absolute atomic E-state index is 0.0520. The van der Waals surface area contributed by atoms with E-state index in [1.54, 1.807) is 18.2 Å². The average Bonchev–Trinajstić information content (AvgIpc) is 2.85. The Balaban J connectivity index is 2.20. The molecular weight excluding hydrogens is 326 g/mol. The van der Waals surface area contributed by atoms with Crippen LogP contribution in [0.3, 0.4) is 0 Å². The Morgan fingerprint density at radius 3 is 2.95 bits per heavy atom. The van der Waals surface area contributed by atoms with Gasteiger partial charge in [0.15, 0.2) is 5.84 Å². The minimum atomic E-state index is -0.177. The number of hydrogen-bond acceptors (Lipinski definition) is 4. The summed E-state index contributed by atoms with van der Waals surface area (Å²) in [6.07, 6.45) is 0.787. The van der Waals surface area contributed by atoms with Crippen LogP contribution in [0.1, 0.15) is 18.9 Å². The number of carbonyl (C=O) groups excluding carboxylic acids is 1. The van der Waals surface area contributed by atoms with Crippen LogP contribution in [0, 0.1) is 5.92 Å². The van der Waals surface area contributed by atoms with E-state index in [9.17, 15) is 4.79 Å². The molecule has 1 aromatic carbocycles. The lowest BCUT2D eigenvalue weighted by atomic mass is 10.0. The second-order valence-electron chi connectivity index (χ2n) is 4.74. The zero-order valence-corrected chi connectivity index (χ0v) is 12.6. The summed E-state index contributed by atoms with van der Waals surface area (Å²) in [4.78, 5) is 12.2. The van der Waals surface area contributed by atoms with E-state index in [-0.39, 0.29) is 23.8 Å². The molecule has 0 spiro atoms. The van der Waals surface area contributed by atoms with E-state index in [4.69, 9.17) is 15.7 Å². The molecule has 6 nitrogen and oxygen atoms in total. The average molecular weight is 342 g/mol. The van der Waals surface area contributed by atoms with Crippen molar-refractivity contribution in [3.8, 4) is 0 Å². The highest BCUT2D eigenvalue weighted by Gasteiger charge is 2.28. The second-order valence-corrected chi connectivity index (χ2v) is 5.66. The van der Waals surface area contributed by atoms with Crippen molar-refractivity contribution in [2.24, 2.45) is 16.8 Å². The number of carbonyl (C=O) groups is 1. The van der Waals surface area contributed by atoms with E-state index in [1.807, 2.05) is 6.92 Å². The Hall–Kier alpha value is -1.60. The van der Waals surface area contributed by atoms with E-state index in [0.29, 0.717) is 24.3 Å². The summed E-state index contributed by atoms with van der Waals surface area (Å²) >= 11 is 3.33. The number of nitrogens with one attached hydrogen (secondary N) is 1. The van der Waals surface area contributed by atoms with Crippen LogP contribution in [0.5, 0.6) is 0 Å². The largest absolute Gasteiger partial charge is 0.409 e. The van der Waals surface area contributed by atoms with Crippen molar-refractivity contribution in [1.82, 2.24) is 0 Å². The van der Waals surface area contributed by atoms with E-state index in [1.165, 1.54) is 0 Å². The van der Waals surface area contributed by atoms with Crippen LogP contribution in [0.25, 0.3) is 0 Å². The molecule has 2 rings (SSSR count). The number of nitrogens with zero attached hydrogens (tertiary/aromatic N) is 1.